The van der Waals surface area contributed by atoms with E-state index in [1.165, 1.54) is 21.5 Å². The first-order chi connectivity index (χ1) is 26.9. The summed E-state index contributed by atoms with van der Waals surface area (Å²) in [7, 11) is 0.0661. The van der Waals surface area contributed by atoms with E-state index in [2.05, 4.69) is 110 Å². The summed E-state index contributed by atoms with van der Waals surface area (Å²) in [5.74, 6) is 0. The molecule has 1 unspecified atom stereocenters. The lowest BCUT2D eigenvalue weighted by molar-refractivity contribution is 0.138. The van der Waals surface area contributed by atoms with E-state index in [0.717, 1.165) is 102 Å². The van der Waals surface area contributed by atoms with Crippen molar-refractivity contribution in [3.05, 3.63) is 108 Å². The highest BCUT2D eigenvalue weighted by Gasteiger charge is 2.28. The van der Waals surface area contributed by atoms with Gasteiger partial charge in [0.2, 0.25) is 0 Å². The number of benzene rings is 6. The first-order valence-corrected chi connectivity index (χ1v) is 22.4. The molecule has 6 nitrogen and oxygen atoms in total. The molecule has 55 heavy (non-hydrogen) atoms. The summed E-state index contributed by atoms with van der Waals surface area (Å²) in [4.78, 5) is 25.1. The number of rotatable bonds is 16. The topological polar surface area (TPSA) is 76.7 Å². The number of carbonyl (C=O) groups is 2. The van der Waals surface area contributed by atoms with E-state index in [-0.39, 0.29) is 13.2 Å². The molecule has 282 valence electrons. The van der Waals surface area contributed by atoms with Crippen molar-refractivity contribution in [1.29, 1.82) is 0 Å². The molecule has 2 amide bonds. The Bertz CT molecular complexity index is 2370. The molecular formula is C47H51N2O4P2+. The van der Waals surface area contributed by atoms with Crippen LogP contribution in [-0.4, -0.2) is 44.5 Å². The van der Waals surface area contributed by atoms with E-state index in [4.69, 9.17) is 15.8 Å². The van der Waals surface area contributed by atoms with Gasteiger partial charge in [-0.25, -0.2) is 9.59 Å². The van der Waals surface area contributed by atoms with Crippen LogP contribution >= 0.6 is 15.7 Å². The summed E-state index contributed by atoms with van der Waals surface area (Å²) in [6.07, 6.45) is 14.6. The maximum Gasteiger partial charge on any atom is 0.407 e. The van der Waals surface area contributed by atoms with Crippen molar-refractivity contribution in [3.8, 4) is 22.3 Å². The Morgan fingerprint density at radius 1 is 0.636 bits per heavy atom. The van der Waals surface area contributed by atoms with Crippen LogP contribution in [0.2, 0.25) is 0 Å². The minimum absolute atomic E-state index is 0.167. The van der Waals surface area contributed by atoms with Gasteiger partial charge in [0.1, 0.15) is 27.4 Å². The average Bonchev–Trinajstić information content (AvgIpc) is 3.20. The Hall–Kier alpha value is -5.02. The van der Waals surface area contributed by atoms with Gasteiger partial charge in [-0.2, -0.15) is 0 Å². The quantitative estimate of drug-likeness (QED) is 0.0584. The normalized spacial score (nSPS) is 11.6. The van der Waals surface area contributed by atoms with Crippen molar-refractivity contribution in [2.75, 3.05) is 19.8 Å². The van der Waals surface area contributed by atoms with E-state index in [0.29, 0.717) is 13.1 Å². The Labute approximate surface area is 327 Å². The number of nitrogens with one attached hydrogen (secondary N) is 2. The standard InChI is InChI=1S/C47H50N2O4P2/c1-6-8-14-26-48-46(50)52-30-32-18-16-20-34(28-32)40-36-22-10-11-23-37(36)41(35-21-17-19-33(29-35)31-53-47(51)49-27-15-9-7-2)43-42(40)44(54-3)38-24-12-13-25-39(38)45(43)55(4)5/h10-13,16-25,28-29H,3-4,6-9,14-15,26-27,30-31H2,1-2,5H3,(H-,48,49,50,51)/p+1. The fourth-order valence-electron chi connectivity index (χ4n) is 7.40. The number of carbonyl (C=O) groups excluding carboxylic acids is 2. The lowest BCUT2D eigenvalue weighted by Crippen LogP contribution is -2.25. The number of ether oxygens (including phenoxy) is 2. The lowest BCUT2D eigenvalue weighted by atomic mass is 9.84. The van der Waals surface area contributed by atoms with Gasteiger partial charge in [-0.15, -0.1) is 0 Å². The predicted molar refractivity (Wildman–Crippen MR) is 239 cm³/mol. The van der Waals surface area contributed by atoms with E-state index >= 15 is 0 Å². The van der Waals surface area contributed by atoms with Gasteiger partial charge < -0.3 is 20.1 Å². The molecule has 0 aliphatic heterocycles. The highest BCUT2D eigenvalue weighted by Crippen LogP contribution is 2.46. The van der Waals surface area contributed by atoms with E-state index in [1.54, 1.807) is 0 Å². The second-order valence-electron chi connectivity index (χ2n) is 14.0. The molecule has 0 heterocycles. The Morgan fingerprint density at radius 2 is 1.11 bits per heavy atom. The van der Waals surface area contributed by atoms with Crippen molar-refractivity contribution in [2.45, 2.75) is 65.6 Å². The summed E-state index contributed by atoms with van der Waals surface area (Å²) in [6.45, 7) is 8.06. The molecule has 8 heteroatoms. The van der Waals surface area contributed by atoms with Crippen LogP contribution in [0.4, 0.5) is 9.59 Å². The fourth-order valence-corrected chi connectivity index (χ4v) is 9.36. The summed E-state index contributed by atoms with van der Waals surface area (Å²) < 4.78 is 11.4. The van der Waals surface area contributed by atoms with Gasteiger partial charge in [-0.3, -0.25) is 0 Å². The number of amides is 2. The van der Waals surface area contributed by atoms with Crippen molar-refractivity contribution in [3.63, 3.8) is 0 Å². The minimum Gasteiger partial charge on any atom is -0.445 e. The third-order valence-corrected chi connectivity index (χ3v) is 11.9. The van der Waals surface area contributed by atoms with Crippen LogP contribution in [0.3, 0.4) is 0 Å². The van der Waals surface area contributed by atoms with Crippen LogP contribution in [0.15, 0.2) is 97.1 Å². The number of hydrogen-bond donors (Lipinski definition) is 2. The van der Waals surface area contributed by atoms with Crippen molar-refractivity contribution in [1.82, 2.24) is 10.6 Å². The molecule has 6 aromatic rings. The maximum absolute atomic E-state index is 12.6. The zero-order chi connectivity index (χ0) is 38.7. The van der Waals surface area contributed by atoms with Crippen molar-refractivity contribution >= 4 is 83.5 Å². The fraction of sp³-hybridized carbons (Fsp3) is 0.277. The highest BCUT2D eigenvalue weighted by atomic mass is 31.1. The van der Waals surface area contributed by atoms with Gasteiger partial charge >= 0.3 is 12.2 Å². The first-order valence-electron chi connectivity index (χ1n) is 19.3. The van der Waals surface area contributed by atoms with Gasteiger partial charge in [0.15, 0.2) is 5.30 Å². The van der Waals surface area contributed by atoms with Gasteiger partial charge in [-0.1, -0.05) is 133 Å². The molecule has 0 aliphatic carbocycles. The van der Waals surface area contributed by atoms with Gasteiger partial charge in [0.25, 0.3) is 0 Å². The first kappa shape index (κ1) is 39.7. The SMILES string of the molecule is C=Pc1c2ccccc2c([P+](=C)C)c2c(-c3cccc(COC(=O)NCCCCC)c3)c3ccccc3c(-c3cccc(COC(=O)NCCCCC)c3)c12. The number of fused-ring (bicyclic) bond motifs is 3. The Balaban J connectivity index is 1.54. The summed E-state index contributed by atoms with van der Waals surface area (Å²) in [5.41, 5.74) is 6.16. The van der Waals surface area contributed by atoms with E-state index < -0.39 is 19.7 Å². The van der Waals surface area contributed by atoms with Crippen LogP contribution in [0, 0.1) is 0 Å². The second-order valence-corrected chi connectivity index (χ2v) is 16.6. The highest BCUT2D eigenvalue weighted by molar-refractivity contribution is 7.64. The number of unbranched alkanes of at least 4 members (excludes halogenated alkanes) is 4. The van der Waals surface area contributed by atoms with Gasteiger partial charge in [-0.05, 0) is 75.0 Å². The molecule has 6 rings (SSSR count). The predicted octanol–water partition coefficient (Wildman–Crippen LogP) is 11.5. The average molecular weight is 770 g/mol. The summed E-state index contributed by atoms with van der Waals surface area (Å²) >= 11 is 0. The lowest BCUT2D eigenvalue weighted by Gasteiger charge is -2.22. The molecule has 1 atom stereocenters. The van der Waals surface area contributed by atoms with Gasteiger partial charge in [0, 0.05) is 40.1 Å². The van der Waals surface area contributed by atoms with Crippen LogP contribution < -0.4 is 21.2 Å². The minimum atomic E-state index is -0.831. The van der Waals surface area contributed by atoms with Crippen LogP contribution in [0.25, 0.3) is 54.6 Å². The van der Waals surface area contributed by atoms with E-state index in [9.17, 15) is 9.59 Å². The zero-order valence-corrected chi connectivity index (χ0v) is 34.0. The molecule has 0 saturated heterocycles. The van der Waals surface area contributed by atoms with Crippen molar-refractivity contribution < 1.29 is 19.1 Å². The molecule has 0 bridgehead atoms. The van der Waals surface area contributed by atoms with Crippen molar-refractivity contribution in [2.24, 2.45) is 0 Å². The zero-order valence-electron chi connectivity index (χ0n) is 32.3. The smallest absolute Gasteiger partial charge is 0.407 e. The molecule has 0 aromatic heterocycles. The third-order valence-electron chi connectivity index (χ3n) is 9.94. The number of alkyl carbamates (subject to hydrolysis) is 2. The third kappa shape index (κ3) is 9.10. The summed E-state index contributed by atoms with van der Waals surface area (Å²) in [6, 6.07) is 33.9. The molecule has 0 saturated carbocycles. The van der Waals surface area contributed by atoms with Gasteiger partial charge in [0.05, 0.1) is 6.30 Å². The molecule has 0 radical (unpaired) electrons. The van der Waals surface area contributed by atoms with Crippen LogP contribution in [-0.2, 0) is 22.7 Å². The Morgan fingerprint density at radius 3 is 1.58 bits per heavy atom. The van der Waals surface area contributed by atoms with Crippen LogP contribution in [0.1, 0.15) is 63.5 Å². The summed E-state index contributed by atoms with van der Waals surface area (Å²) in [5, 5.41) is 15.1. The second kappa shape index (κ2) is 19.0. The molecule has 0 spiro atoms. The number of hydrogen-bond acceptors (Lipinski definition) is 4. The molecule has 2 N–H and O–H groups in total. The molecular weight excluding hydrogens is 718 g/mol. The molecule has 0 fully saturated rings. The van der Waals surface area contributed by atoms with Crippen LogP contribution in [0.5, 0.6) is 0 Å². The molecule has 6 aromatic carbocycles. The Kier molecular flexibility index (Phi) is 13.7. The largest absolute Gasteiger partial charge is 0.445 e. The molecule has 0 aliphatic rings. The maximum atomic E-state index is 12.6. The van der Waals surface area contributed by atoms with E-state index in [1.807, 2.05) is 24.3 Å². The monoisotopic (exact) mass is 769 g/mol.